The van der Waals surface area contributed by atoms with Crippen LogP contribution in [0.5, 0.6) is 0 Å². The van der Waals surface area contributed by atoms with Gasteiger partial charge in [0, 0.05) is 11.8 Å². The average molecular weight is 205 g/mol. The molecule has 0 bridgehead atoms. The molecule has 80 valence electrons. The summed E-state index contributed by atoms with van der Waals surface area (Å²) in [7, 11) is 1.35. The first-order chi connectivity index (χ1) is 7.04. The number of carbonyl (C=O) groups excluding carboxylic acids is 1. The molecule has 0 aliphatic carbocycles. The third-order valence-electron chi connectivity index (χ3n) is 2.25. The van der Waals surface area contributed by atoms with E-state index in [1.54, 1.807) is 6.08 Å². The molecule has 1 rings (SSSR count). The number of methoxy groups -OCH3 is 1. The molecule has 0 heterocycles. The monoisotopic (exact) mass is 205 g/mol. The summed E-state index contributed by atoms with van der Waals surface area (Å²) in [4.78, 5) is 10.9. The molecular weight excluding hydrogens is 190 g/mol. The number of ether oxygens (including phenoxy) is 1. The summed E-state index contributed by atoms with van der Waals surface area (Å²) >= 11 is 0. The number of carbonyl (C=O) groups is 1. The number of anilines is 1. The largest absolute Gasteiger partial charge is 0.466 e. The Morgan fingerprint density at radius 1 is 1.33 bits per heavy atom. The Kier molecular flexibility index (Phi) is 3.50. The first kappa shape index (κ1) is 11.3. The third-order valence-corrected chi connectivity index (χ3v) is 2.25. The van der Waals surface area contributed by atoms with Gasteiger partial charge < -0.3 is 10.5 Å². The molecule has 0 aliphatic heterocycles. The molecule has 0 unspecified atom stereocenters. The van der Waals surface area contributed by atoms with E-state index in [0.29, 0.717) is 0 Å². The highest BCUT2D eigenvalue weighted by Gasteiger charge is 2.00. The van der Waals surface area contributed by atoms with Gasteiger partial charge in [-0.25, -0.2) is 4.79 Å². The Labute approximate surface area is 89.5 Å². The van der Waals surface area contributed by atoms with Gasteiger partial charge in [0.15, 0.2) is 0 Å². The molecule has 0 saturated heterocycles. The molecule has 0 fully saturated rings. The average Bonchev–Trinajstić information content (AvgIpc) is 2.21. The minimum absolute atomic E-state index is 0.358. The van der Waals surface area contributed by atoms with Gasteiger partial charge in [0.25, 0.3) is 0 Å². The van der Waals surface area contributed by atoms with Crippen LogP contribution < -0.4 is 5.73 Å². The fourth-order valence-corrected chi connectivity index (χ4v) is 1.27. The number of benzene rings is 1. The fourth-order valence-electron chi connectivity index (χ4n) is 1.27. The van der Waals surface area contributed by atoms with Crippen molar-refractivity contribution < 1.29 is 9.53 Å². The fraction of sp³-hybridized carbons (Fsp3) is 0.250. The predicted molar refractivity (Wildman–Crippen MR) is 61.4 cm³/mol. The van der Waals surface area contributed by atoms with Crippen LogP contribution in [0.2, 0.25) is 0 Å². The zero-order valence-electron chi connectivity index (χ0n) is 9.20. The van der Waals surface area contributed by atoms with Crippen LogP contribution in [0.15, 0.2) is 18.2 Å². The highest BCUT2D eigenvalue weighted by Crippen LogP contribution is 2.18. The smallest absolute Gasteiger partial charge is 0.330 e. The Morgan fingerprint density at radius 2 is 2.00 bits per heavy atom. The summed E-state index contributed by atoms with van der Waals surface area (Å²) in [6.45, 7) is 3.89. The van der Waals surface area contributed by atoms with Gasteiger partial charge in [-0.1, -0.05) is 0 Å². The van der Waals surface area contributed by atoms with Crippen LogP contribution in [0.1, 0.15) is 16.7 Å². The standard InChI is InChI=1S/C12H15NO2/c1-8-7-11(13)9(2)6-10(8)4-5-12(14)15-3/h4-7H,13H2,1-3H3. The number of nitrogen functional groups attached to an aromatic ring is 1. The second kappa shape index (κ2) is 4.64. The van der Waals surface area contributed by atoms with Gasteiger partial charge in [0.2, 0.25) is 0 Å². The lowest BCUT2D eigenvalue weighted by Gasteiger charge is -2.05. The highest BCUT2D eigenvalue weighted by molar-refractivity contribution is 5.87. The minimum atomic E-state index is -0.358. The topological polar surface area (TPSA) is 52.3 Å². The van der Waals surface area contributed by atoms with E-state index in [1.807, 2.05) is 26.0 Å². The molecule has 1 aromatic rings. The minimum Gasteiger partial charge on any atom is -0.466 e. The maximum absolute atomic E-state index is 10.9. The quantitative estimate of drug-likeness (QED) is 0.457. The summed E-state index contributed by atoms with van der Waals surface area (Å²) in [5.41, 5.74) is 9.55. The van der Waals surface area contributed by atoms with Gasteiger partial charge in [0.1, 0.15) is 0 Å². The molecule has 3 heteroatoms. The normalized spacial score (nSPS) is 10.6. The van der Waals surface area contributed by atoms with Crippen molar-refractivity contribution >= 4 is 17.7 Å². The second-order valence-electron chi connectivity index (χ2n) is 3.42. The number of hydrogen-bond donors (Lipinski definition) is 1. The lowest BCUT2D eigenvalue weighted by atomic mass is 10.0. The molecule has 0 saturated carbocycles. The molecule has 0 spiro atoms. The summed E-state index contributed by atoms with van der Waals surface area (Å²) < 4.78 is 4.52. The van der Waals surface area contributed by atoms with Crippen molar-refractivity contribution in [3.8, 4) is 0 Å². The molecule has 2 N–H and O–H groups in total. The van der Waals surface area contributed by atoms with Crippen LogP contribution in [0.3, 0.4) is 0 Å². The number of hydrogen-bond acceptors (Lipinski definition) is 3. The first-order valence-electron chi connectivity index (χ1n) is 4.67. The number of esters is 1. The molecule has 0 atom stereocenters. The van der Waals surface area contributed by atoms with Gasteiger partial charge in [-0.2, -0.15) is 0 Å². The number of aryl methyl sites for hydroxylation is 2. The van der Waals surface area contributed by atoms with E-state index in [2.05, 4.69) is 4.74 Å². The zero-order valence-corrected chi connectivity index (χ0v) is 9.20. The van der Waals surface area contributed by atoms with Gasteiger partial charge in [-0.3, -0.25) is 0 Å². The lowest BCUT2D eigenvalue weighted by Crippen LogP contribution is -1.95. The molecule has 0 radical (unpaired) electrons. The van der Waals surface area contributed by atoms with Crippen molar-refractivity contribution in [2.45, 2.75) is 13.8 Å². The summed E-state index contributed by atoms with van der Waals surface area (Å²) in [6.07, 6.45) is 3.13. The second-order valence-corrected chi connectivity index (χ2v) is 3.42. The van der Waals surface area contributed by atoms with E-state index < -0.39 is 0 Å². The Bertz CT molecular complexity index is 408. The highest BCUT2D eigenvalue weighted by atomic mass is 16.5. The molecule has 1 aromatic carbocycles. The molecule has 3 nitrogen and oxygen atoms in total. The SMILES string of the molecule is COC(=O)C=Cc1cc(C)c(N)cc1C. The first-order valence-corrected chi connectivity index (χ1v) is 4.67. The van der Waals surface area contributed by atoms with Gasteiger partial charge >= 0.3 is 5.97 Å². The maximum atomic E-state index is 10.9. The number of rotatable bonds is 2. The Balaban J connectivity index is 3.00. The molecule has 0 aliphatic rings. The van der Waals surface area contributed by atoms with E-state index >= 15 is 0 Å². The molecule has 0 amide bonds. The van der Waals surface area contributed by atoms with Gasteiger partial charge in [-0.15, -0.1) is 0 Å². The van der Waals surface area contributed by atoms with Crippen molar-refractivity contribution in [2.75, 3.05) is 12.8 Å². The Hall–Kier alpha value is -1.77. The van der Waals surface area contributed by atoms with Crippen LogP contribution in [-0.4, -0.2) is 13.1 Å². The van der Waals surface area contributed by atoms with E-state index in [0.717, 1.165) is 22.4 Å². The zero-order chi connectivity index (χ0) is 11.4. The van der Waals surface area contributed by atoms with Crippen molar-refractivity contribution in [2.24, 2.45) is 0 Å². The van der Waals surface area contributed by atoms with E-state index in [-0.39, 0.29) is 5.97 Å². The van der Waals surface area contributed by atoms with Crippen LogP contribution in [0.4, 0.5) is 5.69 Å². The van der Waals surface area contributed by atoms with Gasteiger partial charge in [-0.05, 0) is 48.7 Å². The lowest BCUT2D eigenvalue weighted by molar-refractivity contribution is -0.134. The third kappa shape index (κ3) is 2.84. The number of nitrogens with two attached hydrogens (primary N) is 1. The van der Waals surface area contributed by atoms with Gasteiger partial charge in [0.05, 0.1) is 7.11 Å². The van der Waals surface area contributed by atoms with Crippen molar-refractivity contribution in [3.63, 3.8) is 0 Å². The van der Waals surface area contributed by atoms with E-state index in [4.69, 9.17) is 5.73 Å². The summed E-state index contributed by atoms with van der Waals surface area (Å²) in [5, 5.41) is 0. The molecule has 15 heavy (non-hydrogen) atoms. The Morgan fingerprint density at radius 3 is 2.60 bits per heavy atom. The van der Waals surface area contributed by atoms with E-state index in [9.17, 15) is 4.79 Å². The predicted octanol–water partition coefficient (Wildman–Crippen LogP) is 2.07. The molecular formula is C12H15NO2. The molecule has 0 aromatic heterocycles. The van der Waals surface area contributed by atoms with Crippen LogP contribution >= 0.6 is 0 Å². The van der Waals surface area contributed by atoms with Crippen LogP contribution in [-0.2, 0) is 9.53 Å². The van der Waals surface area contributed by atoms with Crippen LogP contribution in [0.25, 0.3) is 6.08 Å². The summed E-state index contributed by atoms with van der Waals surface area (Å²) in [6, 6.07) is 3.84. The van der Waals surface area contributed by atoms with Crippen molar-refractivity contribution in [3.05, 3.63) is 34.9 Å². The van der Waals surface area contributed by atoms with E-state index in [1.165, 1.54) is 13.2 Å². The van der Waals surface area contributed by atoms with Crippen LogP contribution in [0, 0.1) is 13.8 Å². The van der Waals surface area contributed by atoms with Crippen molar-refractivity contribution in [1.29, 1.82) is 0 Å². The summed E-state index contributed by atoms with van der Waals surface area (Å²) in [5.74, 6) is -0.358. The maximum Gasteiger partial charge on any atom is 0.330 e. The van der Waals surface area contributed by atoms with Crippen molar-refractivity contribution in [1.82, 2.24) is 0 Å².